The standard InChI is InChI=1S/C23H15F3N2O4/c1-12(22(29)28-17-9-8-15(24)20(25)21(17)26)32-23(30)14-11-18(19-7-4-10-31-19)27-16-6-3-2-5-13(14)16/h2-12H,1H3,(H,28,29)/t12-/m1/s1. The number of amides is 1. The second-order valence-electron chi connectivity index (χ2n) is 6.81. The van der Waals surface area contributed by atoms with Gasteiger partial charge in [0.25, 0.3) is 5.91 Å². The number of esters is 1. The fourth-order valence-electron chi connectivity index (χ4n) is 3.03. The number of nitrogens with zero attached hydrogens (tertiary/aromatic N) is 1. The maximum absolute atomic E-state index is 13.8. The molecule has 2 heterocycles. The number of carbonyl (C=O) groups is 2. The van der Waals surface area contributed by atoms with Crippen LogP contribution in [0.4, 0.5) is 18.9 Å². The maximum Gasteiger partial charge on any atom is 0.339 e. The van der Waals surface area contributed by atoms with Gasteiger partial charge in [0.1, 0.15) is 5.69 Å². The summed E-state index contributed by atoms with van der Waals surface area (Å²) in [5.74, 6) is -5.99. The van der Waals surface area contributed by atoms with Gasteiger partial charge in [-0.2, -0.15) is 0 Å². The number of fused-ring (bicyclic) bond motifs is 1. The van der Waals surface area contributed by atoms with Gasteiger partial charge in [0.05, 0.1) is 23.0 Å². The lowest BCUT2D eigenvalue weighted by molar-refractivity contribution is -0.123. The van der Waals surface area contributed by atoms with Crippen molar-refractivity contribution < 1.29 is 31.9 Å². The average molecular weight is 440 g/mol. The zero-order valence-corrected chi connectivity index (χ0v) is 16.6. The minimum absolute atomic E-state index is 0.139. The number of ether oxygens (including phenoxy) is 1. The monoisotopic (exact) mass is 440 g/mol. The molecule has 1 N–H and O–H groups in total. The van der Waals surface area contributed by atoms with E-state index in [4.69, 9.17) is 9.15 Å². The number of benzene rings is 2. The fourth-order valence-corrected chi connectivity index (χ4v) is 3.03. The number of carbonyl (C=O) groups excluding carboxylic acids is 2. The Kier molecular flexibility index (Phi) is 5.63. The quantitative estimate of drug-likeness (QED) is 0.345. The van der Waals surface area contributed by atoms with Gasteiger partial charge in [-0.05, 0) is 43.3 Å². The van der Waals surface area contributed by atoms with E-state index in [0.29, 0.717) is 28.4 Å². The highest BCUT2D eigenvalue weighted by Crippen LogP contribution is 2.26. The second-order valence-corrected chi connectivity index (χ2v) is 6.81. The van der Waals surface area contributed by atoms with Crippen molar-refractivity contribution in [3.8, 4) is 11.5 Å². The summed E-state index contributed by atoms with van der Waals surface area (Å²) < 4.78 is 50.9. The molecular weight excluding hydrogens is 425 g/mol. The molecule has 1 amide bonds. The minimum atomic E-state index is -1.72. The molecule has 0 saturated heterocycles. The molecular formula is C23H15F3N2O4. The van der Waals surface area contributed by atoms with Crippen LogP contribution in [0.1, 0.15) is 17.3 Å². The molecule has 0 aliphatic carbocycles. The van der Waals surface area contributed by atoms with E-state index in [1.54, 1.807) is 36.4 Å². The molecule has 2 aromatic heterocycles. The summed E-state index contributed by atoms with van der Waals surface area (Å²) in [7, 11) is 0. The van der Waals surface area contributed by atoms with E-state index in [-0.39, 0.29) is 5.56 Å². The Hall–Kier alpha value is -4.14. The van der Waals surface area contributed by atoms with Crippen molar-refractivity contribution in [2.75, 3.05) is 5.32 Å². The molecule has 1 atom stereocenters. The first-order valence-corrected chi connectivity index (χ1v) is 9.44. The van der Waals surface area contributed by atoms with Gasteiger partial charge in [-0.1, -0.05) is 18.2 Å². The number of para-hydroxylation sites is 1. The van der Waals surface area contributed by atoms with Crippen molar-refractivity contribution in [1.82, 2.24) is 4.98 Å². The van der Waals surface area contributed by atoms with Crippen molar-refractivity contribution in [3.63, 3.8) is 0 Å². The molecule has 162 valence electrons. The molecule has 0 aliphatic heterocycles. The van der Waals surface area contributed by atoms with Crippen LogP contribution in [0.5, 0.6) is 0 Å². The van der Waals surface area contributed by atoms with Crippen LogP contribution in [0.25, 0.3) is 22.4 Å². The van der Waals surface area contributed by atoms with E-state index in [1.165, 1.54) is 19.3 Å². The minimum Gasteiger partial charge on any atom is -0.463 e. The van der Waals surface area contributed by atoms with Crippen LogP contribution in [0.2, 0.25) is 0 Å². The summed E-state index contributed by atoms with van der Waals surface area (Å²) in [5.41, 5.74) is 0.461. The van der Waals surface area contributed by atoms with Gasteiger partial charge in [-0.25, -0.2) is 22.9 Å². The fraction of sp³-hybridized carbons (Fsp3) is 0.0870. The molecule has 0 aliphatic rings. The van der Waals surface area contributed by atoms with Crippen LogP contribution < -0.4 is 5.32 Å². The smallest absolute Gasteiger partial charge is 0.339 e. The summed E-state index contributed by atoms with van der Waals surface area (Å²) in [6.45, 7) is 1.27. The molecule has 0 bridgehead atoms. The predicted octanol–water partition coefficient (Wildman–Crippen LogP) is 5.10. The van der Waals surface area contributed by atoms with Crippen LogP contribution in [0.15, 0.2) is 65.3 Å². The Morgan fingerprint density at radius 3 is 2.56 bits per heavy atom. The Labute approximate surface area is 179 Å². The largest absolute Gasteiger partial charge is 0.463 e. The maximum atomic E-state index is 13.8. The summed E-state index contributed by atoms with van der Waals surface area (Å²) in [4.78, 5) is 29.7. The van der Waals surface area contributed by atoms with E-state index >= 15 is 0 Å². The molecule has 0 unspecified atom stereocenters. The van der Waals surface area contributed by atoms with Gasteiger partial charge in [0.2, 0.25) is 0 Å². The molecule has 0 spiro atoms. The van der Waals surface area contributed by atoms with E-state index in [9.17, 15) is 22.8 Å². The first kappa shape index (κ1) is 21.1. The molecule has 4 aromatic rings. The number of pyridine rings is 1. The molecule has 0 radical (unpaired) electrons. The number of hydrogen-bond acceptors (Lipinski definition) is 5. The van der Waals surface area contributed by atoms with E-state index in [2.05, 4.69) is 10.3 Å². The number of aromatic nitrogens is 1. The zero-order chi connectivity index (χ0) is 22.8. The first-order chi connectivity index (χ1) is 15.3. The SMILES string of the molecule is C[C@@H](OC(=O)c1cc(-c2ccco2)nc2ccccc12)C(=O)Nc1ccc(F)c(F)c1F. The first-order valence-electron chi connectivity index (χ1n) is 9.44. The molecule has 6 nitrogen and oxygen atoms in total. The topological polar surface area (TPSA) is 81.4 Å². The number of anilines is 1. The molecule has 0 saturated carbocycles. The Bertz CT molecular complexity index is 1320. The van der Waals surface area contributed by atoms with Crippen LogP contribution in [-0.2, 0) is 9.53 Å². The summed E-state index contributed by atoms with van der Waals surface area (Å²) >= 11 is 0. The molecule has 4 rings (SSSR count). The number of halogens is 3. The third-order valence-corrected chi connectivity index (χ3v) is 4.66. The van der Waals surface area contributed by atoms with Crippen molar-refractivity contribution in [2.45, 2.75) is 13.0 Å². The number of rotatable bonds is 5. The summed E-state index contributed by atoms with van der Waals surface area (Å²) in [6.07, 6.45) is 0.0996. The van der Waals surface area contributed by atoms with Crippen molar-refractivity contribution in [3.05, 3.63) is 83.9 Å². The Morgan fingerprint density at radius 2 is 1.81 bits per heavy atom. The highest BCUT2D eigenvalue weighted by atomic mass is 19.2. The van der Waals surface area contributed by atoms with Gasteiger partial charge in [-0.15, -0.1) is 0 Å². The predicted molar refractivity (Wildman–Crippen MR) is 109 cm³/mol. The number of hydrogen-bond donors (Lipinski definition) is 1. The van der Waals surface area contributed by atoms with Crippen LogP contribution in [0, 0.1) is 17.5 Å². The molecule has 2 aromatic carbocycles. The van der Waals surface area contributed by atoms with Crippen molar-refractivity contribution in [2.24, 2.45) is 0 Å². The lowest BCUT2D eigenvalue weighted by Crippen LogP contribution is -2.30. The van der Waals surface area contributed by atoms with Crippen molar-refractivity contribution in [1.29, 1.82) is 0 Å². The third-order valence-electron chi connectivity index (χ3n) is 4.66. The van der Waals surface area contributed by atoms with Crippen LogP contribution in [0.3, 0.4) is 0 Å². The van der Waals surface area contributed by atoms with Gasteiger partial charge in [0.15, 0.2) is 29.3 Å². The summed E-state index contributed by atoms with van der Waals surface area (Å²) in [5, 5.41) is 2.57. The number of furan rings is 1. The van der Waals surface area contributed by atoms with E-state index in [0.717, 1.165) is 6.07 Å². The van der Waals surface area contributed by atoms with Crippen molar-refractivity contribution >= 4 is 28.5 Å². The van der Waals surface area contributed by atoms with Gasteiger partial charge < -0.3 is 14.5 Å². The summed E-state index contributed by atoms with van der Waals surface area (Å²) in [6, 6.07) is 13.2. The molecule has 0 fully saturated rings. The molecule has 9 heteroatoms. The Balaban J connectivity index is 1.58. The third kappa shape index (κ3) is 4.04. The highest BCUT2D eigenvalue weighted by Gasteiger charge is 2.24. The van der Waals surface area contributed by atoms with E-state index < -0.39 is 41.1 Å². The second kappa shape index (κ2) is 8.54. The highest BCUT2D eigenvalue weighted by molar-refractivity contribution is 6.05. The lowest BCUT2D eigenvalue weighted by atomic mass is 10.1. The Morgan fingerprint density at radius 1 is 1.03 bits per heavy atom. The van der Waals surface area contributed by atoms with Gasteiger partial charge >= 0.3 is 5.97 Å². The molecule has 32 heavy (non-hydrogen) atoms. The van der Waals surface area contributed by atoms with Crippen LogP contribution >= 0.6 is 0 Å². The lowest BCUT2D eigenvalue weighted by Gasteiger charge is -2.15. The zero-order valence-electron chi connectivity index (χ0n) is 16.6. The van der Waals surface area contributed by atoms with Crippen LogP contribution in [-0.4, -0.2) is 23.0 Å². The van der Waals surface area contributed by atoms with E-state index in [1.807, 2.05) is 0 Å². The number of nitrogens with one attached hydrogen (secondary N) is 1. The van der Waals surface area contributed by atoms with Gasteiger partial charge in [0, 0.05) is 5.39 Å². The average Bonchev–Trinajstić information content (AvgIpc) is 3.33. The van der Waals surface area contributed by atoms with Gasteiger partial charge in [-0.3, -0.25) is 4.79 Å². The normalized spacial score (nSPS) is 11.9.